The molecular weight excluding hydrogens is 372 g/mol. The fourth-order valence-corrected chi connectivity index (χ4v) is 6.77. The van der Waals surface area contributed by atoms with E-state index >= 15 is 0 Å². The van der Waals surface area contributed by atoms with Crippen molar-refractivity contribution in [3.8, 4) is 0 Å². The van der Waals surface area contributed by atoms with E-state index in [4.69, 9.17) is 14.2 Å². The van der Waals surface area contributed by atoms with Crippen LogP contribution in [0.15, 0.2) is 0 Å². The first-order valence-electron chi connectivity index (χ1n) is 11.4. The summed E-state index contributed by atoms with van der Waals surface area (Å²) in [7, 11) is 0. The first-order valence-corrected chi connectivity index (χ1v) is 11.4. The van der Waals surface area contributed by atoms with Gasteiger partial charge in [0.1, 0.15) is 6.10 Å². The third-order valence-electron chi connectivity index (χ3n) is 8.43. The Morgan fingerprint density at radius 1 is 1.24 bits per heavy atom. The van der Waals surface area contributed by atoms with Gasteiger partial charge in [0.05, 0.1) is 24.7 Å². The number of carbonyl (C=O) groups is 2. The Labute approximate surface area is 173 Å². The van der Waals surface area contributed by atoms with Crippen LogP contribution < -0.4 is 0 Å². The number of hydrogen-bond donors (Lipinski definition) is 0. The lowest BCUT2D eigenvalue weighted by Crippen LogP contribution is -2.53. The summed E-state index contributed by atoms with van der Waals surface area (Å²) in [6.07, 6.45) is 5.53. The summed E-state index contributed by atoms with van der Waals surface area (Å²) in [5.74, 6) is 0.808. The zero-order valence-electron chi connectivity index (χ0n) is 17.7. The highest BCUT2D eigenvalue weighted by Crippen LogP contribution is 2.62. The summed E-state index contributed by atoms with van der Waals surface area (Å²) in [5, 5.41) is 0. The molecule has 5 fully saturated rings. The van der Waals surface area contributed by atoms with E-state index in [-0.39, 0.29) is 35.1 Å². The molecular formula is C22H34N2O5. The van der Waals surface area contributed by atoms with Crippen LogP contribution in [-0.2, 0) is 19.0 Å². The molecule has 1 spiro atoms. The summed E-state index contributed by atoms with van der Waals surface area (Å²) in [6, 6.07) is 0. The Bertz CT molecular complexity index is 672. The Kier molecular flexibility index (Phi) is 4.81. The van der Waals surface area contributed by atoms with Crippen LogP contribution in [0.25, 0.3) is 0 Å². The molecule has 162 valence electrons. The van der Waals surface area contributed by atoms with Gasteiger partial charge in [0.25, 0.3) is 0 Å². The molecule has 3 aliphatic heterocycles. The maximum atomic E-state index is 12.8. The molecule has 7 heteroatoms. The second kappa shape index (κ2) is 7.12. The minimum Gasteiger partial charge on any atom is -0.462 e. The van der Waals surface area contributed by atoms with Crippen LogP contribution in [0.2, 0.25) is 0 Å². The number of ether oxygens (including phenoxy) is 3. The predicted molar refractivity (Wildman–Crippen MR) is 105 cm³/mol. The van der Waals surface area contributed by atoms with E-state index in [1.807, 2.05) is 6.92 Å². The van der Waals surface area contributed by atoms with Crippen molar-refractivity contribution in [1.29, 1.82) is 0 Å². The van der Waals surface area contributed by atoms with Crippen molar-refractivity contribution in [3.63, 3.8) is 0 Å². The molecule has 3 saturated heterocycles. The molecule has 0 aromatic heterocycles. The third-order valence-corrected chi connectivity index (χ3v) is 8.43. The van der Waals surface area contributed by atoms with Crippen molar-refractivity contribution in [2.75, 3.05) is 45.9 Å². The molecule has 0 aromatic rings. The summed E-state index contributed by atoms with van der Waals surface area (Å²) in [4.78, 5) is 28.8. The fraction of sp³-hybridized carbons (Fsp3) is 0.909. The molecule has 0 bridgehead atoms. The molecule has 1 amide bonds. The second-order valence-electron chi connectivity index (χ2n) is 10.1. The Morgan fingerprint density at radius 3 is 2.69 bits per heavy atom. The van der Waals surface area contributed by atoms with Gasteiger partial charge >= 0.3 is 12.1 Å². The van der Waals surface area contributed by atoms with Gasteiger partial charge in [-0.25, -0.2) is 4.79 Å². The van der Waals surface area contributed by atoms with Crippen LogP contribution in [-0.4, -0.2) is 79.5 Å². The lowest BCUT2D eigenvalue weighted by Gasteiger charge is -2.51. The van der Waals surface area contributed by atoms with E-state index in [1.54, 1.807) is 4.90 Å². The number of amides is 1. The largest absolute Gasteiger partial charge is 0.462 e. The number of epoxide rings is 1. The van der Waals surface area contributed by atoms with Crippen LogP contribution in [0.5, 0.6) is 0 Å². The van der Waals surface area contributed by atoms with E-state index in [0.717, 1.165) is 39.1 Å². The Balaban J connectivity index is 1.23. The van der Waals surface area contributed by atoms with Crippen molar-refractivity contribution in [2.24, 2.45) is 23.2 Å². The number of piperazine rings is 1. The van der Waals surface area contributed by atoms with Crippen LogP contribution >= 0.6 is 0 Å². The van der Waals surface area contributed by atoms with Gasteiger partial charge in [-0.1, -0.05) is 6.92 Å². The van der Waals surface area contributed by atoms with Crippen molar-refractivity contribution in [1.82, 2.24) is 9.80 Å². The van der Waals surface area contributed by atoms with Crippen LogP contribution in [0, 0.1) is 23.2 Å². The topological polar surface area (TPSA) is 71.6 Å². The van der Waals surface area contributed by atoms with Crippen molar-refractivity contribution >= 4 is 12.1 Å². The molecule has 29 heavy (non-hydrogen) atoms. The predicted octanol–water partition coefficient (Wildman–Crippen LogP) is 2.29. The van der Waals surface area contributed by atoms with Gasteiger partial charge in [-0.3, -0.25) is 9.69 Å². The molecule has 0 radical (unpaired) electrons. The van der Waals surface area contributed by atoms with Crippen molar-refractivity contribution in [3.05, 3.63) is 0 Å². The number of carbonyl (C=O) groups excluding carboxylic acids is 2. The van der Waals surface area contributed by atoms with Gasteiger partial charge < -0.3 is 19.1 Å². The maximum absolute atomic E-state index is 12.8. The third kappa shape index (κ3) is 3.34. The summed E-state index contributed by atoms with van der Waals surface area (Å²) < 4.78 is 17.0. The van der Waals surface area contributed by atoms with Gasteiger partial charge in [0.2, 0.25) is 0 Å². The number of nitrogens with zero attached hydrogens (tertiary/aromatic N) is 2. The van der Waals surface area contributed by atoms with Gasteiger partial charge in [0, 0.05) is 38.6 Å². The summed E-state index contributed by atoms with van der Waals surface area (Å²) >= 11 is 0. The molecule has 2 aliphatic carbocycles. The van der Waals surface area contributed by atoms with E-state index in [0.29, 0.717) is 31.5 Å². The zero-order chi connectivity index (χ0) is 20.2. The average molecular weight is 407 g/mol. The SMILES string of the molecule is CCOC(=O)N1CCN(CC2C(=O)OC3CC4(C)CCCC5(CO5)C4CC32)CC1. The Hall–Kier alpha value is -1.34. The molecule has 0 N–H and O–H groups in total. The smallest absolute Gasteiger partial charge is 0.409 e. The number of rotatable bonds is 3. The van der Waals surface area contributed by atoms with Crippen molar-refractivity contribution in [2.45, 2.75) is 57.7 Å². The van der Waals surface area contributed by atoms with E-state index < -0.39 is 0 Å². The normalized spacial score (nSPS) is 44.2. The molecule has 6 unspecified atom stereocenters. The minimum absolute atomic E-state index is 0.0131. The highest BCUT2D eigenvalue weighted by Gasteiger charge is 2.65. The number of esters is 1. The van der Waals surface area contributed by atoms with E-state index in [1.165, 1.54) is 19.3 Å². The molecule has 5 aliphatic rings. The van der Waals surface area contributed by atoms with Gasteiger partial charge in [-0.15, -0.1) is 0 Å². The summed E-state index contributed by atoms with van der Waals surface area (Å²) in [6.45, 7) is 9.16. The second-order valence-corrected chi connectivity index (χ2v) is 10.1. The lowest BCUT2D eigenvalue weighted by molar-refractivity contribution is -0.147. The molecule has 3 heterocycles. The zero-order valence-corrected chi connectivity index (χ0v) is 17.7. The number of hydrogen-bond acceptors (Lipinski definition) is 6. The number of fused-ring (bicyclic) bond motifs is 3. The molecule has 6 atom stereocenters. The average Bonchev–Trinajstić information content (AvgIpc) is 3.40. The van der Waals surface area contributed by atoms with Crippen molar-refractivity contribution < 1.29 is 23.8 Å². The summed E-state index contributed by atoms with van der Waals surface area (Å²) in [5.41, 5.74) is 0.343. The molecule has 5 rings (SSSR count). The van der Waals surface area contributed by atoms with E-state index in [2.05, 4.69) is 11.8 Å². The van der Waals surface area contributed by atoms with Crippen LogP contribution in [0.4, 0.5) is 4.79 Å². The van der Waals surface area contributed by atoms with Gasteiger partial charge in [-0.2, -0.15) is 0 Å². The first kappa shape index (κ1) is 19.6. The van der Waals surface area contributed by atoms with Crippen LogP contribution in [0.1, 0.15) is 46.0 Å². The molecule has 7 nitrogen and oxygen atoms in total. The lowest BCUT2D eigenvalue weighted by atomic mass is 9.53. The standard InChI is InChI=1S/C22H34N2O5/c1-3-27-20(26)24-9-7-23(8-10-24)13-16-15-11-18-21(2,12-17(15)29-19(16)25)5-4-6-22(18)14-28-22/h15-18H,3-14H2,1-2H3. The Morgan fingerprint density at radius 2 is 2.00 bits per heavy atom. The quantitative estimate of drug-likeness (QED) is 0.529. The molecule has 0 aromatic carbocycles. The highest BCUT2D eigenvalue weighted by molar-refractivity contribution is 5.75. The van der Waals surface area contributed by atoms with E-state index in [9.17, 15) is 9.59 Å². The highest BCUT2D eigenvalue weighted by atomic mass is 16.6. The van der Waals surface area contributed by atoms with Crippen LogP contribution in [0.3, 0.4) is 0 Å². The first-order chi connectivity index (χ1) is 13.9. The molecule has 2 saturated carbocycles. The van der Waals surface area contributed by atoms with Gasteiger partial charge in [-0.05, 0) is 50.4 Å². The maximum Gasteiger partial charge on any atom is 0.409 e. The van der Waals surface area contributed by atoms with Gasteiger partial charge in [0.15, 0.2) is 0 Å². The minimum atomic E-state index is -0.230. The fourth-order valence-electron chi connectivity index (χ4n) is 6.77. The monoisotopic (exact) mass is 406 g/mol.